The molecule has 11 heteroatoms. The maximum absolute atomic E-state index is 13.5. The molecular formula is C22H26Cl2N4O4S. The van der Waals surface area contributed by atoms with Crippen molar-refractivity contribution in [1.82, 2.24) is 9.88 Å². The summed E-state index contributed by atoms with van der Waals surface area (Å²) >= 11 is 7.63. The molecule has 2 aromatic carbocycles. The highest BCUT2D eigenvalue weighted by atomic mass is 35.5. The number of ether oxygens (including phenoxy) is 1. The van der Waals surface area contributed by atoms with Crippen molar-refractivity contribution in [2.75, 3.05) is 37.7 Å². The monoisotopic (exact) mass is 512 g/mol. The molecule has 0 aliphatic rings. The third kappa shape index (κ3) is 6.32. The van der Waals surface area contributed by atoms with Crippen LogP contribution < -0.4 is 9.64 Å². The molecule has 8 nitrogen and oxygen atoms in total. The minimum absolute atomic E-state index is 0. The van der Waals surface area contributed by atoms with E-state index in [1.807, 2.05) is 25.1 Å². The molecule has 0 unspecified atom stereocenters. The number of anilines is 1. The molecule has 1 aromatic heterocycles. The van der Waals surface area contributed by atoms with Gasteiger partial charge in [0.05, 0.1) is 32.3 Å². The number of benzene rings is 2. The molecule has 3 aromatic rings. The number of nitro groups is 1. The maximum atomic E-state index is 13.5. The molecule has 0 bridgehead atoms. The van der Waals surface area contributed by atoms with Crippen molar-refractivity contribution in [3.63, 3.8) is 0 Å². The Morgan fingerprint density at radius 3 is 2.52 bits per heavy atom. The van der Waals surface area contributed by atoms with Gasteiger partial charge >= 0.3 is 0 Å². The Labute approximate surface area is 207 Å². The first-order chi connectivity index (χ1) is 15.4. The summed E-state index contributed by atoms with van der Waals surface area (Å²) in [6.07, 6.45) is 0. The van der Waals surface area contributed by atoms with Crippen LogP contribution >= 0.6 is 35.3 Å². The van der Waals surface area contributed by atoms with Gasteiger partial charge in [-0.15, -0.1) is 12.4 Å². The van der Waals surface area contributed by atoms with Gasteiger partial charge in [0.15, 0.2) is 5.13 Å². The highest BCUT2D eigenvalue weighted by molar-refractivity contribution is 7.22. The number of carbonyl (C=O) groups excluding carboxylic acids is 1. The van der Waals surface area contributed by atoms with Gasteiger partial charge in [0.25, 0.3) is 11.6 Å². The van der Waals surface area contributed by atoms with Crippen LogP contribution in [0.3, 0.4) is 0 Å². The van der Waals surface area contributed by atoms with Gasteiger partial charge in [-0.1, -0.05) is 36.8 Å². The highest BCUT2D eigenvalue weighted by Crippen LogP contribution is 2.33. The fourth-order valence-electron chi connectivity index (χ4n) is 3.27. The van der Waals surface area contributed by atoms with Crippen LogP contribution in [-0.2, 0) is 0 Å². The summed E-state index contributed by atoms with van der Waals surface area (Å²) < 4.78 is 6.46. The van der Waals surface area contributed by atoms with Crippen molar-refractivity contribution in [3.05, 3.63) is 57.1 Å². The lowest BCUT2D eigenvalue weighted by Gasteiger charge is -2.25. The van der Waals surface area contributed by atoms with E-state index >= 15 is 0 Å². The Bertz CT molecular complexity index is 1120. The number of amides is 1. The van der Waals surface area contributed by atoms with E-state index in [1.54, 1.807) is 4.90 Å². The first-order valence-electron chi connectivity index (χ1n) is 10.4. The first-order valence-corrected chi connectivity index (χ1v) is 11.6. The van der Waals surface area contributed by atoms with Crippen LogP contribution in [0.15, 0.2) is 36.4 Å². The number of hydrogen-bond acceptors (Lipinski definition) is 7. The predicted octanol–water partition coefficient (Wildman–Crippen LogP) is 5.67. The van der Waals surface area contributed by atoms with Crippen LogP contribution in [0.1, 0.15) is 31.1 Å². The fourth-order valence-corrected chi connectivity index (χ4v) is 4.48. The largest absolute Gasteiger partial charge is 0.494 e. The zero-order valence-electron chi connectivity index (χ0n) is 18.6. The Balaban J connectivity index is 0.00000385. The number of fused-ring (bicyclic) bond motifs is 1. The highest BCUT2D eigenvalue weighted by Gasteiger charge is 2.25. The normalized spacial score (nSPS) is 10.8. The molecule has 0 aliphatic carbocycles. The van der Waals surface area contributed by atoms with E-state index in [4.69, 9.17) is 16.3 Å². The number of likely N-dealkylation sites (N-methyl/N-ethyl adjacent to an activating group) is 1. The van der Waals surface area contributed by atoms with Crippen LogP contribution in [0, 0.1) is 10.1 Å². The third-order valence-electron chi connectivity index (χ3n) is 5.06. The van der Waals surface area contributed by atoms with E-state index in [0.717, 1.165) is 29.1 Å². The summed E-state index contributed by atoms with van der Waals surface area (Å²) in [5.41, 5.74) is 0.640. The average Bonchev–Trinajstić information content (AvgIpc) is 3.19. The minimum Gasteiger partial charge on any atom is -0.494 e. The summed E-state index contributed by atoms with van der Waals surface area (Å²) in [5.74, 6) is 0.313. The van der Waals surface area contributed by atoms with Crippen molar-refractivity contribution >= 4 is 62.3 Å². The number of nitro benzene ring substituents is 1. The molecule has 0 N–H and O–H groups in total. The van der Waals surface area contributed by atoms with E-state index in [1.165, 1.54) is 29.5 Å². The van der Waals surface area contributed by atoms with Gasteiger partial charge in [-0.3, -0.25) is 19.8 Å². The summed E-state index contributed by atoms with van der Waals surface area (Å²) in [4.78, 5) is 32.6. The zero-order chi connectivity index (χ0) is 23.3. The van der Waals surface area contributed by atoms with E-state index in [0.29, 0.717) is 24.8 Å². The van der Waals surface area contributed by atoms with E-state index < -0.39 is 10.8 Å². The number of halogens is 2. The second-order valence-electron chi connectivity index (χ2n) is 6.96. The lowest BCUT2D eigenvalue weighted by atomic mass is 10.1. The lowest BCUT2D eigenvalue weighted by Crippen LogP contribution is -2.39. The van der Waals surface area contributed by atoms with Crippen molar-refractivity contribution in [2.24, 2.45) is 0 Å². The van der Waals surface area contributed by atoms with E-state index in [2.05, 4.69) is 23.7 Å². The quantitative estimate of drug-likeness (QED) is 0.257. The molecule has 1 amide bonds. The number of hydrogen-bond donors (Lipinski definition) is 0. The average molecular weight is 513 g/mol. The first kappa shape index (κ1) is 26.8. The standard InChI is InChI=1S/C22H25ClN4O4S.ClH/c1-4-25(5-2)11-12-26(21(28)17-13-15(27(29)30)7-9-18(17)23)22-24-19-10-8-16(31-6-3)14-20(19)32-22;/h7-10,13-14H,4-6,11-12H2,1-3H3;1H. The summed E-state index contributed by atoms with van der Waals surface area (Å²) in [7, 11) is 0. The second kappa shape index (κ2) is 12.1. The number of carbonyl (C=O) groups is 1. The van der Waals surface area contributed by atoms with Gasteiger partial charge in [0.1, 0.15) is 5.75 Å². The molecule has 0 aliphatic heterocycles. The molecule has 3 rings (SSSR count). The van der Waals surface area contributed by atoms with Gasteiger partial charge in [-0.25, -0.2) is 4.98 Å². The zero-order valence-corrected chi connectivity index (χ0v) is 21.0. The molecule has 0 fully saturated rings. The molecule has 0 saturated heterocycles. The molecular weight excluding hydrogens is 487 g/mol. The Morgan fingerprint density at radius 2 is 1.88 bits per heavy atom. The molecule has 0 radical (unpaired) electrons. The fraction of sp³-hybridized carbons (Fsp3) is 0.364. The maximum Gasteiger partial charge on any atom is 0.270 e. The molecule has 0 saturated carbocycles. The Kier molecular flexibility index (Phi) is 9.85. The summed E-state index contributed by atoms with van der Waals surface area (Å²) in [6.45, 7) is 9.26. The van der Waals surface area contributed by atoms with Crippen LogP contribution in [0.4, 0.5) is 10.8 Å². The van der Waals surface area contributed by atoms with Gasteiger partial charge in [0, 0.05) is 25.2 Å². The number of rotatable bonds is 10. The molecule has 178 valence electrons. The Morgan fingerprint density at radius 1 is 1.15 bits per heavy atom. The minimum atomic E-state index is -0.541. The van der Waals surface area contributed by atoms with Crippen LogP contribution in [0.25, 0.3) is 10.2 Å². The van der Waals surface area contributed by atoms with Crippen molar-refractivity contribution < 1.29 is 14.5 Å². The number of non-ortho nitro benzene ring substituents is 1. The van der Waals surface area contributed by atoms with E-state index in [-0.39, 0.29) is 28.7 Å². The van der Waals surface area contributed by atoms with Gasteiger partial charge in [-0.2, -0.15) is 0 Å². The molecule has 0 atom stereocenters. The van der Waals surface area contributed by atoms with Crippen molar-refractivity contribution in [2.45, 2.75) is 20.8 Å². The SMILES string of the molecule is CCOc1ccc2nc(N(CCN(CC)CC)C(=O)c3cc([N+](=O)[O-])ccc3Cl)sc2c1.Cl. The Hall–Kier alpha value is -2.46. The van der Waals surface area contributed by atoms with Crippen LogP contribution in [-0.4, -0.2) is 53.5 Å². The topological polar surface area (TPSA) is 88.8 Å². The van der Waals surface area contributed by atoms with Crippen LogP contribution in [0.5, 0.6) is 5.75 Å². The predicted molar refractivity (Wildman–Crippen MR) is 136 cm³/mol. The van der Waals surface area contributed by atoms with Gasteiger partial charge < -0.3 is 9.64 Å². The number of thiazole rings is 1. The third-order valence-corrected chi connectivity index (χ3v) is 6.43. The summed E-state index contributed by atoms with van der Waals surface area (Å²) in [5, 5.41) is 11.9. The van der Waals surface area contributed by atoms with Gasteiger partial charge in [-0.05, 0) is 44.3 Å². The van der Waals surface area contributed by atoms with E-state index in [9.17, 15) is 14.9 Å². The number of aromatic nitrogens is 1. The summed E-state index contributed by atoms with van der Waals surface area (Å²) in [6, 6.07) is 9.47. The second-order valence-corrected chi connectivity index (χ2v) is 8.38. The molecule has 33 heavy (non-hydrogen) atoms. The van der Waals surface area contributed by atoms with Crippen molar-refractivity contribution in [3.8, 4) is 5.75 Å². The lowest BCUT2D eigenvalue weighted by molar-refractivity contribution is -0.384. The smallest absolute Gasteiger partial charge is 0.270 e. The van der Waals surface area contributed by atoms with Crippen LogP contribution in [0.2, 0.25) is 5.02 Å². The molecule has 0 spiro atoms. The molecule has 1 heterocycles. The number of nitrogens with zero attached hydrogens (tertiary/aromatic N) is 4. The van der Waals surface area contributed by atoms with Gasteiger partial charge in [0.2, 0.25) is 0 Å². The van der Waals surface area contributed by atoms with Crippen molar-refractivity contribution in [1.29, 1.82) is 0 Å².